The molecule has 0 saturated carbocycles. The van der Waals surface area contributed by atoms with Crippen molar-refractivity contribution in [3.05, 3.63) is 57.9 Å². The Bertz CT molecular complexity index is 1180. The maximum atomic E-state index is 13.3. The molecule has 1 aliphatic carbocycles. The lowest BCUT2D eigenvalue weighted by Gasteiger charge is -2.16. The standard InChI is InChI=1S/C21H15NO4/c1-4-11-22-18-12-7-5-6-8-13(12)19(23)16(18)14-9-10-15(25-2)20(26-3)17(14)21(22)24/h1,5-10H,11H2,2-3H3. The first-order chi connectivity index (χ1) is 12.6. The van der Waals surface area contributed by atoms with E-state index in [1.165, 1.54) is 18.8 Å². The van der Waals surface area contributed by atoms with Gasteiger partial charge in [0.05, 0.1) is 37.4 Å². The Morgan fingerprint density at radius 3 is 2.42 bits per heavy atom. The Kier molecular flexibility index (Phi) is 3.55. The van der Waals surface area contributed by atoms with Crippen LogP contribution in [0, 0.1) is 12.3 Å². The molecule has 26 heavy (non-hydrogen) atoms. The Morgan fingerprint density at radius 1 is 1.04 bits per heavy atom. The van der Waals surface area contributed by atoms with Crippen molar-refractivity contribution in [3.63, 3.8) is 0 Å². The van der Waals surface area contributed by atoms with Crippen LogP contribution in [0.5, 0.6) is 11.5 Å². The van der Waals surface area contributed by atoms with E-state index in [0.29, 0.717) is 39.1 Å². The van der Waals surface area contributed by atoms with Gasteiger partial charge in [0.15, 0.2) is 17.3 Å². The Hall–Kier alpha value is -3.52. The maximum Gasteiger partial charge on any atom is 0.263 e. The van der Waals surface area contributed by atoms with E-state index in [-0.39, 0.29) is 17.9 Å². The molecule has 0 N–H and O–H groups in total. The number of rotatable bonds is 3. The van der Waals surface area contributed by atoms with Crippen LogP contribution in [0.3, 0.4) is 0 Å². The number of terminal acetylenes is 1. The summed E-state index contributed by atoms with van der Waals surface area (Å²) in [7, 11) is 2.96. The van der Waals surface area contributed by atoms with Crippen LogP contribution in [0.2, 0.25) is 0 Å². The van der Waals surface area contributed by atoms with Gasteiger partial charge in [-0.3, -0.25) is 14.2 Å². The normalized spacial score (nSPS) is 11.8. The number of pyridine rings is 1. The van der Waals surface area contributed by atoms with E-state index in [0.717, 1.165) is 5.56 Å². The molecule has 0 amide bonds. The van der Waals surface area contributed by atoms with E-state index >= 15 is 0 Å². The highest BCUT2D eigenvalue weighted by atomic mass is 16.5. The summed E-state index contributed by atoms with van der Waals surface area (Å²) in [4.78, 5) is 26.3. The molecule has 128 valence electrons. The molecule has 1 aliphatic rings. The third-order valence-corrected chi connectivity index (χ3v) is 4.68. The molecule has 0 radical (unpaired) electrons. The molecule has 0 aliphatic heterocycles. The van der Waals surface area contributed by atoms with Crippen LogP contribution in [0.15, 0.2) is 41.2 Å². The fraction of sp³-hybridized carbons (Fsp3) is 0.143. The van der Waals surface area contributed by atoms with Crippen molar-refractivity contribution >= 4 is 16.6 Å². The lowest BCUT2D eigenvalue weighted by Crippen LogP contribution is -2.23. The quantitative estimate of drug-likeness (QED) is 0.536. The van der Waals surface area contributed by atoms with Crippen LogP contribution in [0.25, 0.3) is 22.0 Å². The molecule has 0 spiro atoms. The molecule has 4 rings (SSSR count). The minimum Gasteiger partial charge on any atom is -0.493 e. The Morgan fingerprint density at radius 2 is 1.77 bits per heavy atom. The van der Waals surface area contributed by atoms with Gasteiger partial charge in [0, 0.05) is 16.5 Å². The predicted octanol–water partition coefficient (Wildman–Crippen LogP) is 2.86. The highest BCUT2D eigenvalue weighted by Crippen LogP contribution is 2.42. The van der Waals surface area contributed by atoms with E-state index < -0.39 is 0 Å². The summed E-state index contributed by atoms with van der Waals surface area (Å²) in [6.07, 6.45) is 5.50. The molecule has 1 heterocycles. The van der Waals surface area contributed by atoms with Gasteiger partial charge in [-0.15, -0.1) is 6.42 Å². The van der Waals surface area contributed by atoms with E-state index in [1.807, 2.05) is 12.1 Å². The molecule has 0 unspecified atom stereocenters. The first kappa shape index (κ1) is 16.0. The summed E-state index contributed by atoms with van der Waals surface area (Å²) in [5.41, 5.74) is 2.01. The minimum absolute atomic E-state index is 0.0546. The summed E-state index contributed by atoms with van der Waals surface area (Å²) in [5, 5.41) is 0.833. The SMILES string of the molecule is C#CCn1c2c(c3ccc(OC)c(OC)c3c1=O)C(=O)c1ccccc1-2. The second-order valence-electron chi connectivity index (χ2n) is 5.92. The van der Waals surface area contributed by atoms with E-state index in [4.69, 9.17) is 15.9 Å². The molecule has 0 fully saturated rings. The molecule has 3 aromatic rings. The van der Waals surface area contributed by atoms with Gasteiger partial charge in [-0.05, 0) is 12.1 Å². The zero-order valence-corrected chi connectivity index (χ0v) is 14.3. The zero-order valence-electron chi connectivity index (χ0n) is 14.3. The van der Waals surface area contributed by atoms with Crippen molar-refractivity contribution in [2.45, 2.75) is 6.54 Å². The highest BCUT2D eigenvalue weighted by molar-refractivity contribution is 6.27. The van der Waals surface area contributed by atoms with Crippen molar-refractivity contribution in [3.8, 4) is 35.1 Å². The van der Waals surface area contributed by atoms with E-state index in [1.54, 1.807) is 24.3 Å². The van der Waals surface area contributed by atoms with Crippen LogP contribution >= 0.6 is 0 Å². The number of fused-ring (bicyclic) bond motifs is 5. The topological polar surface area (TPSA) is 57.5 Å². The molecular weight excluding hydrogens is 330 g/mol. The Labute approximate surface area is 149 Å². The molecule has 2 aromatic carbocycles. The first-order valence-electron chi connectivity index (χ1n) is 8.03. The average molecular weight is 345 g/mol. The van der Waals surface area contributed by atoms with Gasteiger partial charge in [-0.25, -0.2) is 0 Å². The van der Waals surface area contributed by atoms with Crippen molar-refractivity contribution in [2.75, 3.05) is 14.2 Å². The lowest BCUT2D eigenvalue weighted by molar-refractivity contribution is 0.104. The molecule has 5 nitrogen and oxygen atoms in total. The monoisotopic (exact) mass is 345 g/mol. The summed E-state index contributed by atoms with van der Waals surface area (Å²) < 4.78 is 12.2. The number of hydrogen-bond acceptors (Lipinski definition) is 4. The molecule has 0 saturated heterocycles. The van der Waals surface area contributed by atoms with Gasteiger partial charge in [-0.2, -0.15) is 0 Å². The summed E-state index contributed by atoms with van der Waals surface area (Å²) in [6, 6.07) is 10.7. The Balaban J connectivity index is 2.26. The number of benzene rings is 2. The number of aromatic nitrogens is 1. The smallest absolute Gasteiger partial charge is 0.263 e. The zero-order chi connectivity index (χ0) is 18.4. The van der Waals surface area contributed by atoms with Crippen molar-refractivity contribution < 1.29 is 14.3 Å². The summed E-state index contributed by atoms with van der Waals surface area (Å²) >= 11 is 0. The van der Waals surface area contributed by atoms with Gasteiger partial charge in [0.2, 0.25) is 0 Å². The van der Waals surface area contributed by atoms with E-state index in [2.05, 4.69) is 5.92 Å². The van der Waals surface area contributed by atoms with Gasteiger partial charge in [0.1, 0.15) is 0 Å². The first-order valence-corrected chi connectivity index (χ1v) is 8.03. The molecule has 0 bridgehead atoms. The summed E-state index contributed by atoms with van der Waals surface area (Å²) in [5.74, 6) is 3.11. The van der Waals surface area contributed by atoms with Crippen LogP contribution in [0.4, 0.5) is 0 Å². The third kappa shape index (κ3) is 1.93. The van der Waals surface area contributed by atoms with Gasteiger partial charge < -0.3 is 9.47 Å². The molecule has 5 heteroatoms. The maximum absolute atomic E-state index is 13.3. The van der Waals surface area contributed by atoms with Crippen LogP contribution in [-0.4, -0.2) is 24.6 Å². The van der Waals surface area contributed by atoms with Gasteiger partial charge >= 0.3 is 0 Å². The summed E-state index contributed by atoms with van der Waals surface area (Å²) in [6.45, 7) is 0.0546. The van der Waals surface area contributed by atoms with E-state index in [9.17, 15) is 9.59 Å². The number of hydrogen-bond donors (Lipinski definition) is 0. The number of ether oxygens (including phenoxy) is 2. The van der Waals surface area contributed by atoms with Crippen molar-refractivity contribution in [1.29, 1.82) is 0 Å². The van der Waals surface area contributed by atoms with Crippen molar-refractivity contribution in [2.24, 2.45) is 0 Å². The highest BCUT2D eigenvalue weighted by Gasteiger charge is 2.33. The predicted molar refractivity (Wildman–Crippen MR) is 99.0 cm³/mol. The number of carbonyl (C=O) groups excluding carboxylic acids is 1. The lowest BCUT2D eigenvalue weighted by atomic mass is 10.0. The molecule has 0 atom stereocenters. The van der Waals surface area contributed by atoms with Crippen LogP contribution < -0.4 is 15.0 Å². The molecule has 1 aromatic heterocycles. The third-order valence-electron chi connectivity index (χ3n) is 4.68. The van der Waals surface area contributed by atoms with Gasteiger partial charge in [-0.1, -0.05) is 30.2 Å². The van der Waals surface area contributed by atoms with Gasteiger partial charge in [0.25, 0.3) is 5.56 Å². The second-order valence-corrected chi connectivity index (χ2v) is 5.92. The number of nitrogens with zero attached hydrogens (tertiary/aromatic N) is 1. The second kappa shape index (κ2) is 5.78. The fourth-order valence-corrected chi connectivity index (χ4v) is 3.62. The number of carbonyl (C=O) groups is 1. The minimum atomic E-state index is -0.308. The fourth-order valence-electron chi connectivity index (χ4n) is 3.62. The largest absolute Gasteiger partial charge is 0.493 e. The van der Waals surface area contributed by atoms with Crippen LogP contribution in [-0.2, 0) is 6.54 Å². The average Bonchev–Trinajstić information content (AvgIpc) is 2.97. The van der Waals surface area contributed by atoms with Crippen molar-refractivity contribution in [1.82, 2.24) is 4.57 Å². The molecular formula is C21H15NO4. The number of methoxy groups -OCH3 is 2. The number of ketones is 1. The van der Waals surface area contributed by atoms with Crippen LogP contribution in [0.1, 0.15) is 15.9 Å².